The molecule has 2 aromatic rings. The van der Waals surface area contributed by atoms with Gasteiger partial charge < -0.3 is 10.1 Å². The fourth-order valence-corrected chi connectivity index (χ4v) is 1.89. The molecule has 0 aliphatic rings. The first kappa shape index (κ1) is 14.0. The van der Waals surface area contributed by atoms with Gasteiger partial charge in [0.1, 0.15) is 0 Å². The molecule has 0 unspecified atom stereocenters. The number of pyridine rings is 1. The molecule has 6 nitrogen and oxygen atoms in total. The molecule has 0 aliphatic carbocycles. The lowest BCUT2D eigenvalue weighted by atomic mass is 10.2. The fraction of sp³-hybridized carbons (Fsp3) is 0.214. The molecule has 1 aromatic carbocycles. The van der Waals surface area contributed by atoms with Gasteiger partial charge in [-0.2, -0.15) is 0 Å². The first-order chi connectivity index (χ1) is 9.63. The Morgan fingerprint density at radius 3 is 2.85 bits per heavy atom. The molecule has 20 heavy (non-hydrogen) atoms. The zero-order chi connectivity index (χ0) is 14.5. The number of nitrogens with zero attached hydrogens (tertiary/aromatic N) is 2. The van der Waals surface area contributed by atoms with Crippen LogP contribution in [0.4, 0.5) is 5.69 Å². The van der Waals surface area contributed by atoms with Gasteiger partial charge in [-0.3, -0.25) is 10.1 Å². The summed E-state index contributed by atoms with van der Waals surface area (Å²) in [6.45, 7) is 2.25. The molecule has 1 heterocycles. The first-order valence-corrected chi connectivity index (χ1v) is 6.14. The van der Waals surface area contributed by atoms with Crippen molar-refractivity contribution in [3.8, 4) is 11.6 Å². The van der Waals surface area contributed by atoms with E-state index in [2.05, 4.69) is 10.3 Å². The van der Waals surface area contributed by atoms with Crippen LogP contribution in [0, 0.1) is 17.0 Å². The van der Waals surface area contributed by atoms with Crippen LogP contribution in [0.15, 0.2) is 36.5 Å². The van der Waals surface area contributed by atoms with E-state index in [9.17, 15) is 10.1 Å². The van der Waals surface area contributed by atoms with E-state index in [-0.39, 0.29) is 11.4 Å². The number of hydrogen-bond acceptors (Lipinski definition) is 5. The van der Waals surface area contributed by atoms with Crippen LogP contribution in [0.25, 0.3) is 0 Å². The topological polar surface area (TPSA) is 77.3 Å². The predicted molar refractivity (Wildman–Crippen MR) is 74.9 cm³/mol. The molecule has 6 heteroatoms. The second-order valence-electron chi connectivity index (χ2n) is 4.28. The van der Waals surface area contributed by atoms with Gasteiger partial charge in [-0.25, -0.2) is 4.98 Å². The Labute approximate surface area is 116 Å². The number of hydrogen-bond donors (Lipinski definition) is 1. The molecular weight excluding hydrogens is 258 g/mol. The summed E-state index contributed by atoms with van der Waals surface area (Å²) >= 11 is 0. The average Bonchev–Trinajstić information content (AvgIpc) is 2.41. The molecule has 0 spiro atoms. The number of benzene rings is 1. The number of rotatable bonds is 5. The minimum Gasteiger partial charge on any atom is -0.431 e. The van der Waals surface area contributed by atoms with Gasteiger partial charge in [0.25, 0.3) is 0 Å². The molecule has 0 atom stereocenters. The molecule has 0 saturated heterocycles. The van der Waals surface area contributed by atoms with Gasteiger partial charge in [0.2, 0.25) is 11.6 Å². The SMILES string of the molecule is CNCc1cccnc1Oc1cccc(C)c1[N+](=O)[O-]. The number of nitro benzene ring substituents is 1. The third-order valence-electron chi connectivity index (χ3n) is 2.81. The van der Waals surface area contributed by atoms with Crippen molar-refractivity contribution in [3.05, 3.63) is 57.8 Å². The Kier molecular flexibility index (Phi) is 4.27. The van der Waals surface area contributed by atoms with Gasteiger partial charge in [0.05, 0.1) is 4.92 Å². The van der Waals surface area contributed by atoms with Crippen LogP contribution in [-0.4, -0.2) is 17.0 Å². The maximum absolute atomic E-state index is 11.1. The van der Waals surface area contributed by atoms with E-state index in [0.717, 1.165) is 5.56 Å². The maximum atomic E-state index is 11.1. The Hall–Kier alpha value is -2.47. The summed E-state index contributed by atoms with van der Waals surface area (Å²) < 4.78 is 5.64. The summed E-state index contributed by atoms with van der Waals surface area (Å²) in [6, 6.07) is 8.63. The zero-order valence-electron chi connectivity index (χ0n) is 11.3. The summed E-state index contributed by atoms with van der Waals surface area (Å²) in [5, 5.41) is 14.1. The molecule has 1 N–H and O–H groups in total. The van der Waals surface area contributed by atoms with Crippen LogP contribution in [0.2, 0.25) is 0 Å². The molecule has 0 aliphatic heterocycles. The summed E-state index contributed by atoms with van der Waals surface area (Å²) in [4.78, 5) is 14.8. The second kappa shape index (κ2) is 6.12. The lowest BCUT2D eigenvalue weighted by molar-refractivity contribution is -0.386. The number of para-hydroxylation sites is 1. The lowest BCUT2D eigenvalue weighted by Gasteiger charge is -2.10. The predicted octanol–water partition coefficient (Wildman–Crippen LogP) is 2.81. The van der Waals surface area contributed by atoms with E-state index in [1.807, 2.05) is 13.1 Å². The van der Waals surface area contributed by atoms with Crippen molar-refractivity contribution in [1.29, 1.82) is 0 Å². The molecule has 0 amide bonds. The number of aryl methyl sites for hydroxylation is 1. The highest BCUT2D eigenvalue weighted by Crippen LogP contribution is 2.34. The number of ether oxygens (including phenoxy) is 1. The molecule has 2 rings (SSSR count). The average molecular weight is 273 g/mol. The molecular formula is C14H15N3O3. The Balaban J connectivity index is 2.40. The first-order valence-electron chi connectivity index (χ1n) is 6.14. The fourth-order valence-electron chi connectivity index (χ4n) is 1.89. The van der Waals surface area contributed by atoms with E-state index in [0.29, 0.717) is 18.0 Å². The quantitative estimate of drug-likeness (QED) is 0.669. The van der Waals surface area contributed by atoms with Gasteiger partial charge in [-0.15, -0.1) is 0 Å². The van der Waals surface area contributed by atoms with Crippen molar-refractivity contribution in [1.82, 2.24) is 10.3 Å². The van der Waals surface area contributed by atoms with Gasteiger partial charge in [-0.05, 0) is 26.1 Å². The van der Waals surface area contributed by atoms with Crippen molar-refractivity contribution >= 4 is 5.69 Å². The molecule has 104 valence electrons. The molecule has 0 saturated carbocycles. The van der Waals surface area contributed by atoms with E-state index in [1.165, 1.54) is 0 Å². The number of aromatic nitrogens is 1. The third-order valence-corrected chi connectivity index (χ3v) is 2.81. The van der Waals surface area contributed by atoms with Crippen LogP contribution < -0.4 is 10.1 Å². The van der Waals surface area contributed by atoms with Crippen LogP contribution in [0.3, 0.4) is 0 Å². The van der Waals surface area contributed by atoms with Crippen LogP contribution >= 0.6 is 0 Å². The monoisotopic (exact) mass is 273 g/mol. The molecule has 1 aromatic heterocycles. The second-order valence-corrected chi connectivity index (χ2v) is 4.28. The van der Waals surface area contributed by atoms with Gasteiger partial charge in [-0.1, -0.05) is 18.2 Å². The highest BCUT2D eigenvalue weighted by atomic mass is 16.6. The molecule has 0 fully saturated rings. The van der Waals surface area contributed by atoms with Crippen molar-refractivity contribution in [2.24, 2.45) is 0 Å². The molecule has 0 bridgehead atoms. The normalized spacial score (nSPS) is 10.3. The minimum absolute atomic E-state index is 0.0337. The standard InChI is InChI=1S/C14H15N3O3/c1-10-5-3-7-12(13(10)17(18)19)20-14-11(9-15-2)6-4-8-16-14/h3-8,15H,9H2,1-2H3. The summed E-state index contributed by atoms with van der Waals surface area (Å²) in [7, 11) is 1.81. The van der Waals surface area contributed by atoms with Gasteiger partial charge >= 0.3 is 5.69 Å². The minimum atomic E-state index is -0.439. The van der Waals surface area contributed by atoms with Gasteiger partial charge in [0, 0.05) is 23.9 Å². The van der Waals surface area contributed by atoms with Crippen molar-refractivity contribution < 1.29 is 9.66 Å². The van der Waals surface area contributed by atoms with Crippen molar-refractivity contribution in [3.63, 3.8) is 0 Å². The van der Waals surface area contributed by atoms with Crippen molar-refractivity contribution in [2.75, 3.05) is 7.05 Å². The Bertz CT molecular complexity index is 629. The highest BCUT2D eigenvalue weighted by molar-refractivity contribution is 5.53. The Morgan fingerprint density at radius 1 is 1.35 bits per heavy atom. The third kappa shape index (κ3) is 2.92. The largest absolute Gasteiger partial charge is 0.431 e. The van der Waals surface area contributed by atoms with Crippen molar-refractivity contribution in [2.45, 2.75) is 13.5 Å². The number of nitrogens with one attached hydrogen (secondary N) is 1. The van der Waals surface area contributed by atoms with Crippen LogP contribution in [0.1, 0.15) is 11.1 Å². The summed E-state index contributed by atoms with van der Waals surface area (Å²) in [6.07, 6.45) is 1.59. The van der Waals surface area contributed by atoms with Gasteiger partial charge in [0.15, 0.2) is 0 Å². The zero-order valence-corrected chi connectivity index (χ0v) is 11.3. The molecule has 0 radical (unpaired) electrons. The van der Waals surface area contributed by atoms with E-state index < -0.39 is 4.92 Å². The number of nitro groups is 1. The maximum Gasteiger partial charge on any atom is 0.314 e. The lowest BCUT2D eigenvalue weighted by Crippen LogP contribution is -2.07. The van der Waals surface area contributed by atoms with E-state index >= 15 is 0 Å². The summed E-state index contributed by atoms with van der Waals surface area (Å²) in [5.41, 5.74) is 1.36. The summed E-state index contributed by atoms with van der Waals surface area (Å²) in [5.74, 6) is 0.571. The highest BCUT2D eigenvalue weighted by Gasteiger charge is 2.19. The van der Waals surface area contributed by atoms with E-state index in [4.69, 9.17) is 4.74 Å². The smallest absolute Gasteiger partial charge is 0.314 e. The Morgan fingerprint density at radius 2 is 2.15 bits per heavy atom. The van der Waals surface area contributed by atoms with E-state index in [1.54, 1.807) is 37.4 Å². The van der Waals surface area contributed by atoms with Crippen LogP contribution in [0.5, 0.6) is 11.6 Å². The van der Waals surface area contributed by atoms with Crippen LogP contribution in [-0.2, 0) is 6.54 Å².